The van der Waals surface area contributed by atoms with E-state index < -0.39 is 0 Å². The molecule has 0 bridgehead atoms. The third-order valence-electron chi connectivity index (χ3n) is 8.54. The van der Waals surface area contributed by atoms with E-state index in [1.165, 1.54) is 57.1 Å². The first-order valence-electron chi connectivity index (χ1n) is 9.28. The van der Waals surface area contributed by atoms with Crippen LogP contribution in [-0.2, 0) is 0 Å². The molecule has 7 unspecified atom stereocenters. The van der Waals surface area contributed by atoms with Crippen LogP contribution in [0.1, 0.15) is 72.1 Å². The van der Waals surface area contributed by atoms with E-state index in [2.05, 4.69) is 32.5 Å². The van der Waals surface area contributed by atoms with Crippen molar-refractivity contribution in [2.45, 2.75) is 81.6 Å². The van der Waals surface area contributed by atoms with Gasteiger partial charge in [0.1, 0.15) is 0 Å². The molecule has 1 aliphatic heterocycles. The van der Waals surface area contributed by atoms with Crippen LogP contribution in [0, 0.1) is 29.1 Å². The smallest absolute Gasteiger partial charge is 0.0307 e. The van der Waals surface area contributed by atoms with Crippen LogP contribution in [0.4, 0.5) is 0 Å². The lowest BCUT2D eigenvalue weighted by molar-refractivity contribution is -0.0258. The second kappa shape index (κ2) is 4.85. The largest absolute Gasteiger partial charge is 0.171 e. The highest BCUT2D eigenvalue weighted by Gasteiger charge is 2.65. The van der Waals surface area contributed by atoms with Crippen LogP contribution in [0.3, 0.4) is 0 Å². The van der Waals surface area contributed by atoms with Crippen molar-refractivity contribution in [1.29, 1.82) is 0 Å². The van der Waals surface area contributed by atoms with Gasteiger partial charge in [0.05, 0.1) is 0 Å². The van der Waals surface area contributed by atoms with Crippen molar-refractivity contribution in [3.05, 3.63) is 0 Å². The average molecular weight is 325 g/mol. The number of thioether (sulfide) groups is 1. The number of fused-ring (bicyclic) bond motifs is 5. The molecule has 0 N–H and O–H groups in total. The molecule has 3 aliphatic carbocycles. The van der Waals surface area contributed by atoms with Crippen molar-refractivity contribution >= 4 is 24.4 Å². The van der Waals surface area contributed by atoms with Gasteiger partial charge in [0.25, 0.3) is 0 Å². The molecule has 0 aromatic carbocycles. The van der Waals surface area contributed by atoms with Gasteiger partial charge >= 0.3 is 0 Å². The molecule has 0 amide bonds. The maximum Gasteiger partial charge on any atom is 0.0307 e. The Morgan fingerprint density at radius 2 is 1.71 bits per heavy atom. The standard InChI is InChI=1S/C19H32S2/c1-13-7-9-15-16-10-8-14-6-4-5-11-17(14,2)19(16,20)12-21-18(13,15)3/h13-16,20H,4-12H2,1-3H3. The van der Waals surface area contributed by atoms with E-state index in [1.807, 2.05) is 0 Å². The fraction of sp³-hybridized carbons (Fsp3) is 1.00. The van der Waals surface area contributed by atoms with Crippen LogP contribution in [0.2, 0.25) is 0 Å². The van der Waals surface area contributed by atoms with Gasteiger partial charge in [-0.05, 0) is 74.5 Å². The summed E-state index contributed by atoms with van der Waals surface area (Å²) >= 11 is 7.82. The number of rotatable bonds is 0. The van der Waals surface area contributed by atoms with E-state index in [0.29, 0.717) is 14.9 Å². The maximum atomic E-state index is 5.51. The third-order valence-corrected chi connectivity index (χ3v) is 11.7. The highest BCUT2D eigenvalue weighted by Crippen LogP contribution is 2.69. The fourth-order valence-electron chi connectivity index (χ4n) is 6.77. The van der Waals surface area contributed by atoms with Crippen LogP contribution in [0.5, 0.6) is 0 Å². The molecule has 1 saturated heterocycles. The molecule has 7 atom stereocenters. The van der Waals surface area contributed by atoms with Gasteiger partial charge in [0.15, 0.2) is 0 Å². The Bertz CT molecular complexity index is 435. The molecular weight excluding hydrogens is 292 g/mol. The first-order valence-corrected chi connectivity index (χ1v) is 10.7. The lowest BCUT2D eigenvalue weighted by Gasteiger charge is -2.65. The molecular formula is C19H32S2. The molecule has 0 nitrogen and oxygen atoms in total. The summed E-state index contributed by atoms with van der Waals surface area (Å²) in [5, 5.41) is 0. The Hall–Kier alpha value is 0.700. The van der Waals surface area contributed by atoms with Crippen LogP contribution >= 0.6 is 24.4 Å². The quantitative estimate of drug-likeness (QED) is 0.548. The van der Waals surface area contributed by atoms with Gasteiger partial charge in [-0.3, -0.25) is 0 Å². The second-order valence-corrected chi connectivity index (χ2v) is 11.3. The zero-order valence-corrected chi connectivity index (χ0v) is 15.7. The molecule has 4 aliphatic rings. The van der Waals surface area contributed by atoms with Gasteiger partial charge in [0, 0.05) is 15.2 Å². The highest BCUT2D eigenvalue weighted by atomic mass is 32.2. The summed E-state index contributed by atoms with van der Waals surface area (Å²) < 4.78 is 0.865. The zero-order valence-electron chi connectivity index (χ0n) is 14.0. The summed E-state index contributed by atoms with van der Waals surface area (Å²) in [5.74, 6) is 5.00. The molecule has 3 saturated carbocycles. The van der Waals surface area contributed by atoms with E-state index in [-0.39, 0.29) is 0 Å². The number of hydrogen-bond acceptors (Lipinski definition) is 2. The van der Waals surface area contributed by atoms with Crippen LogP contribution in [0.15, 0.2) is 0 Å². The van der Waals surface area contributed by atoms with Gasteiger partial charge in [-0.25, -0.2) is 0 Å². The highest BCUT2D eigenvalue weighted by molar-refractivity contribution is 8.01. The molecule has 120 valence electrons. The molecule has 1 heterocycles. The first-order chi connectivity index (χ1) is 9.92. The summed E-state index contributed by atoms with van der Waals surface area (Å²) in [5.41, 5.74) is 0.511. The van der Waals surface area contributed by atoms with Crippen LogP contribution in [0.25, 0.3) is 0 Å². The van der Waals surface area contributed by atoms with Crippen molar-refractivity contribution in [1.82, 2.24) is 0 Å². The van der Waals surface area contributed by atoms with Crippen molar-refractivity contribution in [3.63, 3.8) is 0 Å². The monoisotopic (exact) mass is 324 g/mol. The Kier molecular flexibility index (Phi) is 3.52. The summed E-state index contributed by atoms with van der Waals surface area (Å²) in [7, 11) is 0. The van der Waals surface area contributed by atoms with Crippen molar-refractivity contribution < 1.29 is 0 Å². The van der Waals surface area contributed by atoms with Gasteiger partial charge in [-0.15, -0.1) is 0 Å². The van der Waals surface area contributed by atoms with Crippen molar-refractivity contribution in [3.8, 4) is 0 Å². The van der Waals surface area contributed by atoms with E-state index in [1.54, 1.807) is 0 Å². The zero-order chi connectivity index (χ0) is 14.9. The molecule has 0 aromatic heterocycles. The van der Waals surface area contributed by atoms with Gasteiger partial charge in [0.2, 0.25) is 0 Å². The van der Waals surface area contributed by atoms with Gasteiger partial charge < -0.3 is 0 Å². The molecule has 21 heavy (non-hydrogen) atoms. The minimum absolute atomic E-state index is 0.315. The Balaban J connectivity index is 1.72. The summed E-state index contributed by atoms with van der Waals surface area (Å²) in [6, 6.07) is 0. The fourth-order valence-corrected chi connectivity index (χ4v) is 9.54. The topological polar surface area (TPSA) is 0 Å². The summed E-state index contributed by atoms with van der Waals surface area (Å²) in [4.78, 5) is 0. The van der Waals surface area contributed by atoms with Crippen LogP contribution < -0.4 is 0 Å². The molecule has 0 radical (unpaired) electrons. The molecule has 2 heteroatoms. The van der Waals surface area contributed by atoms with Gasteiger partial charge in [-0.1, -0.05) is 26.7 Å². The molecule has 4 fully saturated rings. The maximum absolute atomic E-state index is 5.51. The molecule has 0 spiro atoms. The average Bonchev–Trinajstić information content (AvgIpc) is 2.76. The SMILES string of the molecule is CC1CCC2C3CCC4CCCCC4(C)C3(S)CSC12C. The Labute approximate surface area is 141 Å². The predicted molar refractivity (Wildman–Crippen MR) is 97.3 cm³/mol. The number of thiol groups is 1. The lowest BCUT2D eigenvalue weighted by atomic mass is 9.50. The van der Waals surface area contributed by atoms with Crippen molar-refractivity contribution in [2.75, 3.05) is 5.75 Å². The van der Waals surface area contributed by atoms with E-state index >= 15 is 0 Å². The Morgan fingerprint density at radius 1 is 0.952 bits per heavy atom. The predicted octanol–water partition coefficient (Wildman–Crippen LogP) is 5.81. The normalized spacial score (nSPS) is 60.0. The Morgan fingerprint density at radius 3 is 2.52 bits per heavy atom. The minimum Gasteiger partial charge on any atom is -0.171 e. The van der Waals surface area contributed by atoms with E-state index in [4.69, 9.17) is 12.6 Å². The lowest BCUT2D eigenvalue weighted by Crippen LogP contribution is -2.64. The van der Waals surface area contributed by atoms with E-state index in [0.717, 1.165) is 23.7 Å². The van der Waals surface area contributed by atoms with Crippen LogP contribution in [-0.4, -0.2) is 15.2 Å². The summed E-state index contributed by atoms with van der Waals surface area (Å²) in [6.45, 7) is 7.71. The third kappa shape index (κ3) is 1.84. The molecule has 0 aromatic rings. The van der Waals surface area contributed by atoms with E-state index in [9.17, 15) is 0 Å². The number of hydrogen-bond donors (Lipinski definition) is 1. The summed E-state index contributed by atoms with van der Waals surface area (Å²) in [6.07, 6.45) is 11.7. The first kappa shape index (κ1) is 15.2. The second-order valence-electron chi connectivity index (χ2n) is 9.03. The van der Waals surface area contributed by atoms with Crippen molar-refractivity contribution in [2.24, 2.45) is 29.1 Å². The van der Waals surface area contributed by atoms with Gasteiger partial charge in [-0.2, -0.15) is 24.4 Å². The minimum atomic E-state index is 0.315. The molecule has 4 rings (SSSR count).